The van der Waals surface area contributed by atoms with E-state index in [1.165, 1.54) is 31.4 Å². The fraction of sp³-hybridized carbons (Fsp3) is 0.562. The van der Waals surface area contributed by atoms with Crippen molar-refractivity contribution in [1.29, 1.82) is 0 Å². The molecule has 1 aliphatic carbocycles. The summed E-state index contributed by atoms with van der Waals surface area (Å²) in [6.45, 7) is 6.19. The Morgan fingerprint density at radius 1 is 1.27 bits per heavy atom. The van der Waals surface area contributed by atoms with Gasteiger partial charge in [-0.05, 0) is 18.0 Å². The van der Waals surface area contributed by atoms with E-state index in [1.807, 2.05) is 0 Å². The number of phenolic OH excluding ortho intramolecular Hbond substituents is 1. The van der Waals surface area contributed by atoms with Crippen LogP contribution in [0.15, 0.2) is 17.1 Å². The van der Waals surface area contributed by atoms with Gasteiger partial charge in [0, 0.05) is 30.0 Å². The van der Waals surface area contributed by atoms with Crippen molar-refractivity contribution in [3.8, 4) is 5.75 Å². The van der Waals surface area contributed by atoms with Gasteiger partial charge in [0.15, 0.2) is 0 Å². The number of aromatic hydroxyl groups is 1. The highest BCUT2D eigenvalue weighted by atomic mass is 28.3. The summed E-state index contributed by atoms with van der Waals surface area (Å²) in [5, 5.41) is 22.3. The number of nitrogens with zero attached hydrogens (tertiary/aromatic N) is 2. The Hall–Kier alpha value is -1.69. The monoisotopic (exact) mass is 320 g/mol. The second-order valence-electron chi connectivity index (χ2n) is 7.01. The summed E-state index contributed by atoms with van der Waals surface area (Å²) in [5.41, 5.74) is 0.498. The van der Waals surface area contributed by atoms with Crippen LogP contribution < -0.4 is 5.19 Å². The minimum absolute atomic E-state index is 0.0281. The number of nitro groups is 1. The Balaban J connectivity index is 2.38. The number of hydrogen-bond donors (Lipinski definition) is 1. The number of phenols is 1. The van der Waals surface area contributed by atoms with Crippen molar-refractivity contribution >= 4 is 25.2 Å². The average Bonchev–Trinajstić information content (AvgIpc) is 2.45. The van der Waals surface area contributed by atoms with Gasteiger partial charge in [-0.3, -0.25) is 15.1 Å². The van der Waals surface area contributed by atoms with E-state index in [9.17, 15) is 15.2 Å². The molecule has 0 aliphatic heterocycles. The van der Waals surface area contributed by atoms with E-state index in [2.05, 4.69) is 24.6 Å². The van der Waals surface area contributed by atoms with Crippen LogP contribution in [0, 0.1) is 10.1 Å². The molecule has 0 radical (unpaired) electrons. The lowest BCUT2D eigenvalue weighted by Crippen LogP contribution is -2.38. The third-order valence-electron chi connectivity index (χ3n) is 4.14. The van der Waals surface area contributed by atoms with Crippen molar-refractivity contribution in [1.82, 2.24) is 0 Å². The Morgan fingerprint density at radius 3 is 2.45 bits per heavy atom. The van der Waals surface area contributed by atoms with Crippen LogP contribution in [0.1, 0.15) is 37.7 Å². The topological polar surface area (TPSA) is 75.7 Å². The van der Waals surface area contributed by atoms with Crippen molar-refractivity contribution in [3.63, 3.8) is 0 Å². The zero-order chi connectivity index (χ0) is 16.3. The molecule has 0 heterocycles. The van der Waals surface area contributed by atoms with Gasteiger partial charge in [-0.2, -0.15) is 0 Å². The largest absolute Gasteiger partial charge is 0.507 e. The van der Waals surface area contributed by atoms with Gasteiger partial charge < -0.3 is 5.11 Å². The second-order valence-corrected chi connectivity index (χ2v) is 12.0. The second kappa shape index (κ2) is 6.60. The molecule has 6 heteroatoms. The molecule has 0 atom stereocenters. The predicted molar refractivity (Wildman–Crippen MR) is 92.2 cm³/mol. The van der Waals surface area contributed by atoms with Gasteiger partial charge in [0.2, 0.25) is 0 Å². The lowest BCUT2D eigenvalue weighted by Gasteiger charge is -2.20. The molecule has 5 nitrogen and oxygen atoms in total. The summed E-state index contributed by atoms with van der Waals surface area (Å²) >= 11 is 0. The molecule has 22 heavy (non-hydrogen) atoms. The SMILES string of the molecule is C[Si](C)(C)c1cc([N+](=O)[O-])cc(C=NC2CCCCC2)c1O. The predicted octanol–water partition coefficient (Wildman–Crippen LogP) is 3.60. The number of nitro benzene ring substituents is 1. The fourth-order valence-corrected chi connectivity index (χ4v) is 4.27. The molecule has 0 amide bonds. The standard InChI is InChI=1S/C16H24N2O3Si/c1-22(2,3)15-10-14(18(20)21)9-12(16(15)19)11-17-13-7-5-4-6-8-13/h9-11,13,19H,4-8H2,1-3H3. The zero-order valence-electron chi connectivity index (χ0n) is 13.5. The summed E-state index contributed by atoms with van der Waals surface area (Å²) in [5.74, 6) is 0.157. The molecule has 2 rings (SSSR count). The molecule has 0 spiro atoms. The van der Waals surface area contributed by atoms with E-state index in [1.54, 1.807) is 6.21 Å². The molecule has 0 bridgehead atoms. The third-order valence-corrected chi connectivity index (χ3v) is 6.14. The lowest BCUT2D eigenvalue weighted by molar-refractivity contribution is -0.384. The molecular weight excluding hydrogens is 296 g/mol. The number of benzene rings is 1. The quantitative estimate of drug-likeness (QED) is 0.398. The summed E-state index contributed by atoms with van der Waals surface area (Å²) in [6.07, 6.45) is 7.38. The van der Waals surface area contributed by atoms with Gasteiger partial charge in [0.1, 0.15) is 5.75 Å². The van der Waals surface area contributed by atoms with Crippen LogP contribution in [-0.2, 0) is 0 Å². The third kappa shape index (κ3) is 3.94. The molecule has 1 aliphatic rings. The van der Waals surface area contributed by atoms with Crippen LogP contribution in [0.2, 0.25) is 19.6 Å². The first kappa shape index (κ1) is 16.7. The first-order chi connectivity index (χ1) is 10.3. The fourth-order valence-electron chi connectivity index (χ4n) is 2.83. The van der Waals surface area contributed by atoms with Crippen LogP contribution in [0.25, 0.3) is 0 Å². The van der Waals surface area contributed by atoms with Crippen molar-refractivity contribution in [3.05, 3.63) is 27.8 Å². The van der Waals surface area contributed by atoms with E-state index >= 15 is 0 Å². The van der Waals surface area contributed by atoms with Gasteiger partial charge >= 0.3 is 0 Å². The van der Waals surface area contributed by atoms with Crippen molar-refractivity contribution in [2.24, 2.45) is 4.99 Å². The van der Waals surface area contributed by atoms with Crippen LogP contribution in [-0.4, -0.2) is 30.4 Å². The van der Waals surface area contributed by atoms with Gasteiger partial charge in [-0.1, -0.05) is 38.9 Å². The Bertz CT molecular complexity index is 588. The van der Waals surface area contributed by atoms with Crippen LogP contribution in [0.3, 0.4) is 0 Å². The van der Waals surface area contributed by atoms with Gasteiger partial charge in [0.05, 0.1) is 13.0 Å². The highest BCUT2D eigenvalue weighted by molar-refractivity contribution is 6.89. The molecule has 1 aromatic carbocycles. The molecule has 1 fully saturated rings. The summed E-state index contributed by atoms with van der Waals surface area (Å²) in [4.78, 5) is 15.3. The number of rotatable bonds is 4. The summed E-state index contributed by atoms with van der Waals surface area (Å²) < 4.78 is 0. The van der Waals surface area contributed by atoms with E-state index in [0.29, 0.717) is 10.8 Å². The molecule has 0 saturated heterocycles. The van der Waals surface area contributed by atoms with Gasteiger partial charge in [-0.25, -0.2) is 0 Å². The Labute approximate surface area is 132 Å². The maximum absolute atomic E-state index is 11.1. The molecule has 120 valence electrons. The maximum atomic E-state index is 11.1. The van der Waals surface area contributed by atoms with E-state index in [-0.39, 0.29) is 17.5 Å². The first-order valence-electron chi connectivity index (χ1n) is 7.84. The highest BCUT2D eigenvalue weighted by Crippen LogP contribution is 2.25. The summed E-state index contributed by atoms with van der Waals surface area (Å²) in [6, 6.07) is 3.22. The van der Waals surface area contributed by atoms with Crippen molar-refractivity contribution in [2.75, 3.05) is 0 Å². The van der Waals surface area contributed by atoms with Gasteiger partial charge in [-0.15, -0.1) is 0 Å². The number of aliphatic imine (C=N–C) groups is 1. The summed E-state index contributed by atoms with van der Waals surface area (Å²) in [7, 11) is -1.87. The highest BCUT2D eigenvalue weighted by Gasteiger charge is 2.25. The maximum Gasteiger partial charge on any atom is 0.270 e. The van der Waals surface area contributed by atoms with Crippen LogP contribution in [0.5, 0.6) is 5.75 Å². The number of hydrogen-bond acceptors (Lipinski definition) is 4. The smallest absolute Gasteiger partial charge is 0.270 e. The zero-order valence-corrected chi connectivity index (χ0v) is 14.5. The van der Waals surface area contributed by atoms with Crippen molar-refractivity contribution in [2.45, 2.75) is 57.8 Å². The minimum atomic E-state index is -1.87. The minimum Gasteiger partial charge on any atom is -0.507 e. The molecule has 1 saturated carbocycles. The molecule has 0 unspecified atom stereocenters. The number of non-ortho nitro benzene ring substituents is 1. The van der Waals surface area contributed by atoms with Gasteiger partial charge in [0.25, 0.3) is 5.69 Å². The van der Waals surface area contributed by atoms with Crippen LogP contribution in [0.4, 0.5) is 5.69 Å². The van der Waals surface area contributed by atoms with E-state index < -0.39 is 13.0 Å². The van der Waals surface area contributed by atoms with Crippen molar-refractivity contribution < 1.29 is 10.0 Å². The molecule has 1 aromatic rings. The molecule has 0 aromatic heterocycles. The average molecular weight is 320 g/mol. The lowest BCUT2D eigenvalue weighted by atomic mass is 9.96. The Morgan fingerprint density at radius 2 is 1.91 bits per heavy atom. The Kier molecular flexibility index (Phi) is 5.00. The normalized spacial score (nSPS) is 17.0. The molecular formula is C16H24N2O3Si. The van der Waals surface area contributed by atoms with E-state index in [0.717, 1.165) is 12.8 Å². The van der Waals surface area contributed by atoms with Crippen LogP contribution >= 0.6 is 0 Å². The first-order valence-corrected chi connectivity index (χ1v) is 11.3. The van der Waals surface area contributed by atoms with E-state index in [4.69, 9.17) is 0 Å². The molecule has 1 N–H and O–H groups in total.